The number of nitrogens with zero attached hydrogens (tertiary/aromatic N) is 1. The van der Waals surface area contributed by atoms with Crippen molar-refractivity contribution in [2.75, 3.05) is 19.7 Å². The van der Waals surface area contributed by atoms with Crippen molar-refractivity contribution in [1.82, 2.24) is 4.90 Å². The van der Waals surface area contributed by atoms with Crippen molar-refractivity contribution in [2.45, 2.75) is 14.0 Å². The summed E-state index contributed by atoms with van der Waals surface area (Å²) in [5.74, 6) is 0.737. The quantitative estimate of drug-likeness (QED) is 0.589. The van der Waals surface area contributed by atoms with Gasteiger partial charge in [-0.15, -0.1) is 11.6 Å². The van der Waals surface area contributed by atoms with Gasteiger partial charge in [-0.2, -0.15) is 0 Å². The minimum absolute atomic E-state index is 0. The summed E-state index contributed by atoms with van der Waals surface area (Å²) in [6.07, 6.45) is 0. The van der Waals surface area contributed by atoms with Crippen LogP contribution in [0.3, 0.4) is 0 Å². The summed E-state index contributed by atoms with van der Waals surface area (Å²) in [6, 6.07) is 6.02. The largest absolute Gasteiger partial charge is 0.496 e. The van der Waals surface area contributed by atoms with Crippen molar-refractivity contribution < 1.29 is 9.53 Å². The number of fused-ring (bicyclic) bond motifs is 1. The van der Waals surface area contributed by atoms with E-state index >= 15 is 0 Å². The maximum absolute atomic E-state index is 11.9. The summed E-state index contributed by atoms with van der Waals surface area (Å²) in [6.45, 7) is 1.08. The molecule has 2 rings (SSSR count). The molecule has 1 aliphatic heterocycles. The average molecular weight is 242 g/mol. The highest BCUT2D eigenvalue weighted by Crippen LogP contribution is 2.27. The summed E-state index contributed by atoms with van der Waals surface area (Å²) in [7, 11) is 1.58. The zero-order valence-corrected chi connectivity index (χ0v) is 9.25. The highest BCUT2D eigenvalue weighted by atomic mass is 35.5. The third-order valence-electron chi connectivity index (χ3n) is 2.54. The Kier molecular flexibility index (Phi) is 4.33. The van der Waals surface area contributed by atoms with Gasteiger partial charge in [0.05, 0.1) is 25.2 Å². The predicted molar refractivity (Wildman–Crippen MR) is 65.2 cm³/mol. The van der Waals surface area contributed by atoms with Crippen molar-refractivity contribution in [3.8, 4) is 5.75 Å². The number of ether oxygens (including phenoxy) is 1. The van der Waals surface area contributed by atoms with Gasteiger partial charge in [0.2, 0.25) is 0 Å². The number of hydrogen-bond acceptors (Lipinski definition) is 3. The molecular formula is C12H16ClNO2. The molecule has 0 amide bonds. The lowest BCUT2D eigenvalue weighted by atomic mass is 9.98. The van der Waals surface area contributed by atoms with Gasteiger partial charge < -0.3 is 4.74 Å². The van der Waals surface area contributed by atoms with Gasteiger partial charge in [-0.25, -0.2) is 0 Å². The van der Waals surface area contributed by atoms with Gasteiger partial charge in [0.1, 0.15) is 5.75 Å². The van der Waals surface area contributed by atoms with Crippen molar-refractivity contribution in [2.24, 2.45) is 0 Å². The van der Waals surface area contributed by atoms with Gasteiger partial charge in [-0.05, 0) is 11.6 Å². The maximum Gasteiger partial charge on any atom is 0.180 e. The fourth-order valence-corrected chi connectivity index (χ4v) is 2.03. The molecule has 0 saturated heterocycles. The molecule has 0 aromatic heterocycles. The number of ketones is 1. The van der Waals surface area contributed by atoms with Gasteiger partial charge in [0, 0.05) is 6.54 Å². The van der Waals surface area contributed by atoms with Gasteiger partial charge in [0.25, 0.3) is 0 Å². The first kappa shape index (κ1) is 13.0. The second-order valence-corrected chi connectivity index (χ2v) is 3.76. The molecule has 0 N–H and O–H groups in total. The monoisotopic (exact) mass is 241 g/mol. The molecule has 0 saturated carbocycles. The molecule has 1 heterocycles. The zero-order valence-electron chi connectivity index (χ0n) is 8.50. The van der Waals surface area contributed by atoms with Crippen molar-refractivity contribution in [3.05, 3.63) is 29.3 Å². The van der Waals surface area contributed by atoms with E-state index in [1.807, 2.05) is 23.1 Å². The third-order valence-corrected chi connectivity index (χ3v) is 2.88. The van der Waals surface area contributed by atoms with Crippen LogP contribution in [0, 0.1) is 0 Å². The van der Waals surface area contributed by atoms with Crippen LogP contribution in [0.1, 0.15) is 23.3 Å². The number of rotatable bonds is 2. The normalized spacial score (nSPS) is 15.2. The Morgan fingerprint density at radius 1 is 1.44 bits per heavy atom. The van der Waals surface area contributed by atoms with Crippen molar-refractivity contribution >= 4 is 17.4 Å². The summed E-state index contributed by atoms with van der Waals surface area (Å²) in [4.78, 5) is 13.7. The Morgan fingerprint density at radius 2 is 2.19 bits per heavy atom. The van der Waals surface area contributed by atoms with Crippen LogP contribution in [0.25, 0.3) is 0 Å². The number of carbonyl (C=O) groups excluding carboxylic acids is 1. The molecule has 0 spiro atoms. The minimum atomic E-state index is 0. The summed E-state index contributed by atoms with van der Waals surface area (Å²) in [5.41, 5.74) is 1.70. The average Bonchev–Trinajstić information content (AvgIpc) is 2.27. The SMILES string of the molecule is C.COc1cccc2c1C(=O)CN(CCl)C2. The van der Waals surface area contributed by atoms with E-state index in [2.05, 4.69) is 0 Å². The van der Waals surface area contributed by atoms with Crippen LogP contribution in [0.5, 0.6) is 5.75 Å². The van der Waals surface area contributed by atoms with E-state index in [0.717, 1.165) is 5.56 Å². The number of halogens is 1. The molecule has 0 aliphatic carbocycles. The lowest BCUT2D eigenvalue weighted by Crippen LogP contribution is -2.34. The molecule has 0 radical (unpaired) electrons. The van der Waals surface area contributed by atoms with E-state index in [1.165, 1.54) is 0 Å². The summed E-state index contributed by atoms with van der Waals surface area (Å²) < 4.78 is 5.18. The first-order chi connectivity index (χ1) is 7.26. The number of benzene rings is 1. The molecule has 16 heavy (non-hydrogen) atoms. The molecule has 4 heteroatoms. The first-order valence-corrected chi connectivity index (χ1v) is 5.27. The lowest BCUT2D eigenvalue weighted by molar-refractivity contribution is 0.0913. The van der Waals surface area contributed by atoms with Gasteiger partial charge in [0.15, 0.2) is 5.78 Å². The van der Waals surface area contributed by atoms with Gasteiger partial charge >= 0.3 is 0 Å². The molecule has 0 atom stereocenters. The fraction of sp³-hybridized carbons (Fsp3) is 0.417. The number of Topliss-reactive ketones (excluding diaryl/α,β-unsaturated/α-hetero) is 1. The van der Waals surface area contributed by atoms with Crippen LogP contribution < -0.4 is 4.74 Å². The Labute approximate surface area is 101 Å². The van der Waals surface area contributed by atoms with Gasteiger partial charge in [-0.3, -0.25) is 9.69 Å². The Bertz CT molecular complexity index is 393. The van der Waals surface area contributed by atoms with Crippen LogP contribution in [0.4, 0.5) is 0 Å². The second kappa shape index (κ2) is 5.32. The predicted octanol–water partition coefficient (Wildman–Crippen LogP) is 2.53. The molecular weight excluding hydrogens is 226 g/mol. The molecule has 0 fully saturated rings. The molecule has 1 aromatic rings. The van der Waals surface area contributed by atoms with E-state index in [9.17, 15) is 4.79 Å². The number of hydrogen-bond donors (Lipinski definition) is 0. The van der Waals surface area contributed by atoms with Crippen LogP contribution >= 0.6 is 11.6 Å². The lowest BCUT2D eigenvalue weighted by Gasteiger charge is -2.26. The third kappa shape index (κ3) is 2.20. The zero-order chi connectivity index (χ0) is 10.8. The topological polar surface area (TPSA) is 29.5 Å². The Morgan fingerprint density at radius 3 is 2.81 bits per heavy atom. The van der Waals surface area contributed by atoms with Crippen LogP contribution in [0.2, 0.25) is 0 Å². The van der Waals surface area contributed by atoms with E-state index < -0.39 is 0 Å². The molecule has 88 valence electrons. The van der Waals surface area contributed by atoms with E-state index in [4.69, 9.17) is 16.3 Å². The smallest absolute Gasteiger partial charge is 0.180 e. The minimum Gasteiger partial charge on any atom is -0.496 e. The Hall–Kier alpha value is -1.06. The van der Waals surface area contributed by atoms with Crippen LogP contribution in [-0.2, 0) is 6.54 Å². The number of methoxy groups -OCH3 is 1. The number of carbonyl (C=O) groups is 1. The van der Waals surface area contributed by atoms with E-state index in [1.54, 1.807) is 7.11 Å². The van der Waals surface area contributed by atoms with Gasteiger partial charge in [-0.1, -0.05) is 19.6 Å². The summed E-state index contributed by atoms with van der Waals surface area (Å²) in [5, 5.41) is 0. The second-order valence-electron chi connectivity index (χ2n) is 3.52. The Balaban J connectivity index is 0.00000128. The molecule has 3 nitrogen and oxygen atoms in total. The maximum atomic E-state index is 11.9. The molecule has 0 unspecified atom stereocenters. The molecule has 0 bridgehead atoms. The number of alkyl halides is 1. The highest BCUT2D eigenvalue weighted by Gasteiger charge is 2.25. The van der Waals surface area contributed by atoms with E-state index in [-0.39, 0.29) is 13.2 Å². The van der Waals surface area contributed by atoms with Crippen molar-refractivity contribution in [3.63, 3.8) is 0 Å². The standard InChI is InChI=1S/C11H12ClNO2.CH4/c1-15-10-4-2-3-8-5-13(7-12)6-9(14)11(8)10;/h2-4H,5-7H2,1H3;1H4. The molecule has 1 aromatic carbocycles. The van der Waals surface area contributed by atoms with Crippen LogP contribution in [-0.4, -0.2) is 30.3 Å². The fourth-order valence-electron chi connectivity index (χ4n) is 1.86. The first-order valence-electron chi connectivity index (χ1n) is 4.73. The van der Waals surface area contributed by atoms with Crippen LogP contribution in [0.15, 0.2) is 18.2 Å². The summed E-state index contributed by atoms with van der Waals surface area (Å²) >= 11 is 5.73. The molecule has 1 aliphatic rings. The van der Waals surface area contributed by atoms with E-state index in [0.29, 0.717) is 30.4 Å². The highest BCUT2D eigenvalue weighted by molar-refractivity contribution is 6.17. The van der Waals surface area contributed by atoms with Crippen molar-refractivity contribution in [1.29, 1.82) is 0 Å².